The van der Waals surface area contributed by atoms with Gasteiger partial charge < -0.3 is 44.5 Å². The van der Waals surface area contributed by atoms with Gasteiger partial charge in [0.05, 0.1) is 25.6 Å². The summed E-state index contributed by atoms with van der Waals surface area (Å²) < 4.78 is 21.1. The van der Waals surface area contributed by atoms with E-state index in [9.17, 15) is 30.3 Å². The van der Waals surface area contributed by atoms with Gasteiger partial charge >= 0.3 is 5.97 Å². The SMILES string of the molecule is C=C[C@H]1[C@H](O[C@H]2O[C@H](CO)[C@H](O)[C@@H](O)[C@@H]2O)OC=C(C(=O)OC)[C@H]1CCO. The molecular weight excluding hydrogens is 364 g/mol. The molecule has 0 radical (unpaired) electrons. The Bertz CT molecular complexity index is 548. The average Bonchev–Trinajstić information content (AvgIpc) is 2.68. The molecule has 2 aliphatic heterocycles. The highest BCUT2D eigenvalue weighted by molar-refractivity contribution is 5.88. The summed E-state index contributed by atoms with van der Waals surface area (Å²) in [5.41, 5.74) is 0.199. The van der Waals surface area contributed by atoms with Crippen molar-refractivity contribution in [1.82, 2.24) is 0 Å². The smallest absolute Gasteiger partial charge is 0.337 e. The van der Waals surface area contributed by atoms with Crippen molar-refractivity contribution in [3.63, 3.8) is 0 Å². The van der Waals surface area contributed by atoms with E-state index in [2.05, 4.69) is 6.58 Å². The fourth-order valence-electron chi connectivity index (χ4n) is 3.23. The Balaban J connectivity index is 2.20. The molecule has 0 aliphatic carbocycles. The van der Waals surface area contributed by atoms with Crippen LogP contribution in [-0.4, -0.2) is 88.8 Å². The first kappa shape index (κ1) is 21.8. The summed E-state index contributed by atoms with van der Waals surface area (Å²) in [6.45, 7) is 2.89. The Morgan fingerprint density at radius 1 is 1.22 bits per heavy atom. The number of ether oxygens (including phenoxy) is 4. The fraction of sp³-hybridized carbons (Fsp3) is 0.706. The second-order valence-electron chi connectivity index (χ2n) is 6.33. The Morgan fingerprint density at radius 2 is 1.93 bits per heavy atom. The highest BCUT2D eigenvalue weighted by Crippen LogP contribution is 2.36. The van der Waals surface area contributed by atoms with Crippen molar-refractivity contribution in [2.45, 2.75) is 43.4 Å². The highest BCUT2D eigenvalue weighted by atomic mass is 16.8. The third-order valence-corrected chi connectivity index (χ3v) is 4.76. The van der Waals surface area contributed by atoms with Gasteiger partial charge in [-0.1, -0.05) is 6.08 Å². The summed E-state index contributed by atoms with van der Waals surface area (Å²) in [7, 11) is 1.22. The summed E-state index contributed by atoms with van der Waals surface area (Å²) in [6, 6.07) is 0. The van der Waals surface area contributed by atoms with Crippen LogP contribution in [-0.2, 0) is 23.7 Å². The minimum absolute atomic E-state index is 0.199. The summed E-state index contributed by atoms with van der Waals surface area (Å²) in [5.74, 6) is -1.75. The third kappa shape index (κ3) is 4.49. The lowest BCUT2D eigenvalue weighted by molar-refractivity contribution is -0.339. The molecule has 10 nitrogen and oxygen atoms in total. The predicted molar refractivity (Wildman–Crippen MR) is 88.7 cm³/mol. The number of rotatable bonds is 7. The monoisotopic (exact) mass is 390 g/mol. The number of methoxy groups -OCH3 is 1. The van der Waals surface area contributed by atoms with E-state index in [1.807, 2.05) is 0 Å². The van der Waals surface area contributed by atoms with E-state index in [4.69, 9.17) is 18.9 Å². The first-order chi connectivity index (χ1) is 12.9. The quantitative estimate of drug-likeness (QED) is 0.244. The minimum Gasteiger partial charge on any atom is -0.471 e. The van der Waals surface area contributed by atoms with Crippen LogP contribution in [0.3, 0.4) is 0 Å². The van der Waals surface area contributed by atoms with Crippen molar-refractivity contribution in [3.8, 4) is 0 Å². The van der Waals surface area contributed by atoms with Gasteiger partial charge in [-0.15, -0.1) is 6.58 Å². The lowest BCUT2D eigenvalue weighted by Crippen LogP contribution is -2.60. The van der Waals surface area contributed by atoms with E-state index in [-0.39, 0.29) is 18.6 Å². The Hall–Kier alpha value is -1.53. The van der Waals surface area contributed by atoms with E-state index in [1.54, 1.807) is 0 Å². The first-order valence-corrected chi connectivity index (χ1v) is 8.52. The molecule has 2 rings (SSSR count). The van der Waals surface area contributed by atoms with Crippen molar-refractivity contribution < 1.29 is 49.3 Å². The van der Waals surface area contributed by atoms with E-state index in [1.165, 1.54) is 13.2 Å². The first-order valence-electron chi connectivity index (χ1n) is 8.52. The number of carbonyl (C=O) groups is 1. The van der Waals surface area contributed by atoms with Crippen molar-refractivity contribution in [1.29, 1.82) is 0 Å². The Labute approximate surface area is 156 Å². The molecule has 1 fully saturated rings. The average molecular weight is 390 g/mol. The molecule has 0 bridgehead atoms. The van der Waals surface area contributed by atoms with Crippen LogP contribution in [0.25, 0.3) is 0 Å². The van der Waals surface area contributed by atoms with Crippen LogP contribution in [0.1, 0.15) is 6.42 Å². The lowest BCUT2D eigenvalue weighted by Gasteiger charge is -2.43. The number of aliphatic hydroxyl groups is 5. The molecule has 10 heteroatoms. The van der Waals surface area contributed by atoms with Gasteiger partial charge in [0.2, 0.25) is 6.29 Å². The number of esters is 1. The standard InChI is InChI=1S/C17H26O10/c1-3-8-9(4-5-18)10(15(23)24-2)7-25-16(8)27-17-14(22)13(21)12(20)11(6-19)26-17/h3,7-9,11-14,16-22H,1,4-6H2,2H3/t8-,9+,11-,12+,13-,14+,16+,17-/m1/s1. The van der Waals surface area contributed by atoms with Crippen LogP contribution in [0.15, 0.2) is 24.5 Å². The summed E-state index contributed by atoms with van der Waals surface area (Å²) in [6.07, 6.45) is -5.47. The lowest BCUT2D eigenvalue weighted by atomic mass is 9.82. The maximum absolute atomic E-state index is 11.9. The number of aliphatic hydroxyl groups excluding tert-OH is 5. The van der Waals surface area contributed by atoms with Gasteiger partial charge in [-0.25, -0.2) is 4.79 Å². The molecule has 0 saturated carbocycles. The van der Waals surface area contributed by atoms with Crippen LogP contribution in [0.2, 0.25) is 0 Å². The summed E-state index contributed by atoms with van der Waals surface area (Å²) in [5, 5.41) is 48.4. The molecule has 0 spiro atoms. The van der Waals surface area contributed by atoms with Crippen LogP contribution in [0.4, 0.5) is 0 Å². The van der Waals surface area contributed by atoms with E-state index in [0.29, 0.717) is 0 Å². The van der Waals surface area contributed by atoms with Crippen LogP contribution < -0.4 is 0 Å². The molecule has 1 saturated heterocycles. The van der Waals surface area contributed by atoms with Gasteiger partial charge in [-0.2, -0.15) is 0 Å². The van der Waals surface area contributed by atoms with Gasteiger partial charge in [0, 0.05) is 18.4 Å². The molecule has 0 aromatic rings. The second-order valence-corrected chi connectivity index (χ2v) is 6.33. The number of carbonyl (C=O) groups excluding carboxylic acids is 1. The zero-order valence-corrected chi connectivity index (χ0v) is 14.9. The zero-order valence-electron chi connectivity index (χ0n) is 14.9. The van der Waals surface area contributed by atoms with Gasteiger partial charge in [0.15, 0.2) is 6.29 Å². The van der Waals surface area contributed by atoms with Crippen molar-refractivity contribution >= 4 is 5.97 Å². The van der Waals surface area contributed by atoms with Gasteiger partial charge in [-0.3, -0.25) is 0 Å². The molecule has 2 aliphatic rings. The van der Waals surface area contributed by atoms with E-state index in [0.717, 1.165) is 6.26 Å². The molecule has 0 aromatic heterocycles. The molecule has 8 atom stereocenters. The Morgan fingerprint density at radius 3 is 2.48 bits per heavy atom. The molecule has 0 aromatic carbocycles. The van der Waals surface area contributed by atoms with Gasteiger partial charge in [-0.05, 0) is 6.42 Å². The van der Waals surface area contributed by atoms with Crippen molar-refractivity contribution in [3.05, 3.63) is 24.5 Å². The largest absolute Gasteiger partial charge is 0.471 e. The highest BCUT2D eigenvalue weighted by Gasteiger charge is 2.47. The molecule has 0 unspecified atom stereocenters. The topological polar surface area (TPSA) is 155 Å². The van der Waals surface area contributed by atoms with Gasteiger partial charge in [0.25, 0.3) is 0 Å². The second kappa shape index (κ2) is 9.60. The van der Waals surface area contributed by atoms with E-state index >= 15 is 0 Å². The van der Waals surface area contributed by atoms with E-state index < -0.39 is 61.4 Å². The zero-order chi connectivity index (χ0) is 20.1. The van der Waals surface area contributed by atoms with Crippen LogP contribution in [0, 0.1) is 11.8 Å². The maximum atomic E-state index is 11.9. The fourth-order valence-corrected chi connectivity index (χ4v) is 3.23. The van der Waals surface area contributed by atoms with Crippen LogP contribution in [0.5, 0.6) is 0 Å². The molecule has 154 valence electrons. The molecule has 2 heterocycles. The predicted octanol–water partition coefficient (Wildman–Crippen LogP) is -1.98. The normalized spacial score (nSPS) is 39.3. The summed E-state index contributed by atoms with van der Waals surface area (Å²) in [4.78, 5) is 11.9. The van der Waals surface area contributed by atoms with Crippen LogP contribution >= 0.6 is 0 Å². The molecule has 0 amide bonds. The van der Waals surface area contributed by atoms with Gasteiger partial charge in [0.1, 0.15) is 24.4 Å². The Kier molecular flexibility index (Phi) is 7.74. The molecule has 5 N–H and O–H groups in total. The summed E-state index contributed by atoms with van der Waals surface area (Å²) >= 11 is 0. The molecule has 27 heavy (non-hydrogen) atoms. The number of hydrogen-bond donors (Lipinski definition) is 5. The minimum atomic E-state index is -1.60. The molecular formula is C17H26O10. The third-order valence-electron chi connectivity index (χ3n) is 4.76. The van der Waals surface area contributed by atoms with Crippen molar-refractivity contribution in [2.24, 2.45) is 11.8 Å². The number of hydrogen-bond acceptors (Lipinski definition) is 10. The maximum Gasteiger partial charge on any atom is 0.337 e. The van der Waals surface area contributed by atoms with Crippen molar-refractivity contribution in [2.75, 3.05) is 20.3 Å².